The Hall–Kier alpha value is -1.78. The fourth-order valence-electron chi connectivity index (χ4n) is 0.877. The first-order valence-corrected chi connectivity index (χ1v) is 3.66. The molecule has 0 fully saturated rings. The second kappa shape index (κ2) is 3.75. The zero-order chi connectivity index (χ0) is 9.84. The Morgan fingerprint density at radius 2 is 2.31 bits per heavy atom. The van der Waals surface area contributed by atoms with E-state index in [2.05, 4.69) is 4.74 Å². The normalized spacial score (nSPS) is 9.62. The second-order valence-electron chi connectivity index (χ2n) is 2.50. The van der Waals surface area contributed by atoms with Crippen molar-refractivity contribution in [3.8, 4) is 0 Å². The van der Waals surface area contributed by atoms with Gasteiger partial charge in [-0.15, -0.1) is 0 Å². The van der Waals surface area contributed by atoms with Gasteiger partial charge in [-0.2, -0.15) is 0 Å². The molecule has 0 aliphatic heterocycles. The largest absolute Gasteiger partial charge is 0.468 e. The van der Waals surface area contributed by atoms with Crippen LogP contribution in [0.5, 0.6) is 0 Å². The average Bonchev–Trinajstić information content (AvgIpc) is 2.11. The van der Waals surface area contributed by atoms with Gasteiger partial charge in [0.15, 0.2) is 0 Å². The van der Waals surface area contributed by atoms with E-state index in [4.69, 9.17) is 5.73 Å². The number of ether oxygens (including phenoxy) is 1. The molecular weight excluding hydrogens is 172 g/mol. The maximum atomic E-state index is 11.1. The quantitative estimate of drug-likeness (QED) is 0.632. The maximum absolute atomic E-state index is 11.1. The van der Waals surface area contributed by atoms with Gasteiger partial charge in [0.25, 0.3) is 5.56 Å². The van der Waals surface area contributed by atoms with Crippen molar-refractivity contribution < 1.29 is 9.53 Å². The van der Waals surface area contributed by atoms with Crippen LogP contribution in [-0.4, -0.2) is 17.6 Å². The number of rotatable bonds is 2. The Morgan fingerprint density at radius 1 is 1.62 bits per heavy atom. The lowest BCUT2D eigenvalue weighted by Gasteiger charge is -2.03. The molecule has 5 nitrogen and oxygen atoms in total. The molecule has 0 aromatic carbocycles. The number of hydrogen-bond acceptors (Lipinski definition) is 4. The summed E-state index contributed by atoms with van der Waals surface area (Å²) in [7, 11) is 1.26. The van der Waals surface area contributed by atoms with Crippen molar-refractivity contribution in [2.45, 2.75) is 6.54 Å². The molecule has 0 bridgehead atoms. The van der Waals surface area contributed by atoms with Crippen molar-refractivity contribution in [3.63, 3.8) is 0 Å². The predicted octanol–water partition coefficient (Wildman–Crippen LogP) is -0.397. The number of hydrogen-bond donors (Lipinski definition) is 1. The third-order valence-electron chi connectivity index (χ3n) is 1.53. The highest BCUT2D eigenvalue weighted by Gasteiger charge is 2.03. The van der Waals surface area contributed by atoms with E-state index in [-0.39, 0.29) is 12.1 Å². The lowest BCUT2D eigenvalue weighted by atomic mass is 10.4. The number of nitrogens with two attached hydrogens (primary N) is 1. The molecule has 0 unspecified atom stereocenters. The Labute approximate surface area is 74.7 Å². The average molecular weight is 182 g/mol. The molecule has 0 radical (unpaired) electrons. The van der Waals surface area contributed by atoms with Gasteiger partial charge >= 0.3 is 5.97 Å². The summed E-state index contributed by atoms with van der Waals surface area (Å²) in [6.07, 6.45) is 1.40. The summed E-state index contributed by atoms with van der Waals surface area (Å²) in [5.74, 6) is -0.479. The number of carbonyl (C=O) groups is 1. The van der Waals surface area contributed by atoms with Gasteiger partial charge in [-0.25, -0.2) is 0 Å². The molecule has 1 heterocycles. The van der Waals surface area contributed by atoms with Gasteiger partial charge in [-0.3, -0.25) is 9.59 Å². The summed E-state index contributed by atoms with van der Waals surface area (Å²) < 4.78 is 5.61. The third-order valence-corrected chi connectivity index (χ3v) is 1.53. The van der Waals surface area contributed by atoms with Crippen LogP contribution in [0.15, 0.2) is 23.1 Å². The van der Waals surface area contributed by atoms with Crippen molar-refractivity contribution in [3.05, 3.63) is 28.7 Å². The maximum Gasteiger partial charge on any atom is 0.325 e. The standard InChI is InChI=1S/C8H10N2O3/c1-13-8(12)5-10-4-6(9)2-3-7(10)11/h2-4H,5,9H2,1H3. The van der Waals surface area contributed by atoms with Gasteiger partial charge in [0.2, 0.25) is 0 Å². The highest BCUT2D eigenvalue weighted by Crippen LogP contribution is 1.95. The van der Waals surface area contributed by atoms with E-state index in [0.717, 1.165) is 0 Å². The van der Waals surface area contributed by atoms with Crippen molar-refractivity contribution in [2.24, 2.45) is 0 Å². The van der Waals surface area contributed by atoms with Gasteiger partial charge in [0.05, 0.1) is 7.11 Å². The van der Waals surface area contributed by atoms with Crippen molar-refractivity contribution >= 4 is 11.7 Å². The highest BCUT2D eigenvalue weighted by atomic mass is 16.5. The molecule has 5 heteroatoms. The molecule has 0 amide bonds. The number of pyridine rings is 1. The van der Waals surface area contributed by atoms with Gasteiger partial charge in [-0.1, -0.05) is 0 Å². The summed E-state index contributed by atoms with van der Waals surface area (Å²) in [6.45, 7) is -0.111. The van der Waals surface area contributed by atoms with E-state index in [1.54, 1.807) is 0 Å². The monoisotopic (exact) mass is 182 g/mol. The van der Waals surface area contributed by atoms with Gasteiger partial charge in [0.1, 0.15) is 6.54 Å². The Balaban J connectivity index is 2.94. The fourth-order valence-corrected chi connectivity index (χ4v) is 0.877. The van der Waals surface area contributed by atoms with E-state index in [0.29, 0.717) is 5.69 Å². The summed E-state index contributed by atoms with van der Waals surface area (Å²) in [6, 6.07) is 2.79. The summed E-state index contributed by atoms with van der Waals surface area (Å²) in [5, 5.41) is 0. The number of anilines is 1. The minimum atomic E-state index is -0.479. The number of esters is 1. The highest BCUT2D eigenvalue weighted by molar-refractivity contribution is 5.69. The molecular formula is C8H10N2O3. The summed E-state index contributed by atoms with van der Waals surface area (Å²) >= 11 is 0. The molecule has 70 valence electrons. The molecule has 1 aromatic heterocycles. The van der Waals surface area contributed by atoms with Crippen molar-refractivity contribution in [2.75, 3.05) is 12.8 Å². The van der Waals surface area contributed by atoms with E-state index >= 15 is 0 Å². The molecule has 0 saturated heterocycles. The van der Waals surface area contributed by atoms with E-state index in [1.807, 2.05) is 0 Å². The zero-order valence-electron chi connectivity index (χ0n) is 7.19. The number of methoxy groups -OCH3 is 1. The molecule has 1 aromatic rings. The molecule has 1 rings (SSSR count). The third kappa shape index (κ3) is 2.33. The van der Waals surface area contributed by atoms with Crippen LogP contribution in [0.3, 0.4) is 0 Å². The molecule has 0 aliphatic carbocycles. The first-order valence-electron chi connectivity index (χ1n) is 3.66. The first kappa shape index (κ1) is 9.31. The SMILES string of the molecule is COC(=O)Cn1cc(N)ccc1=O. The van der Waals surface area contributed by atoms with E-state index in [1.165, 1.54) is 30.0 Å². The Morgan fingerprint density at radius 3 is 2.92 bits per heavy atom. The van der Waals surface area contributed by atoms with Gasteiger partial charge in [0, 0.05) is 18.0 Å². The second-order valence-corrected chi connectivity index (χ2v) is 2.50. The van der Waals surface area contributed by atoms with Crippen LogP contribution in [0, 0.1) is 0 Å². The molecule has 2 N–H and O–H groups in total. The zero-order valence-corrected chi connectivity index (χ0v) is 7.19. The Bertz CT molecular complexity index is 370. The predicted molar refractivity (Wildman–Crippen MR) is 47.1 cm³/mol. The molecule has 0 aliphatic rings. The van der Waals surface area contributed by atoms with Crippen LogP contribution >= 0.6 is 0 Å². The van der Waals surface area contributed by atoms with Crippen molar-refractivity contribution in [1.29, 1.82) is 0 Å². The van der Waals surface area contributed by atoms with Gasteiger partial charge < -0.3 is 15.0 Å². The number of nitrogens with zero attached hydrogens (tertiary/aromatic N) is 1. The van der Waals surface area contributed by atoms with E-state index in [9.17, 15) is 9.59 Å². The number of aromatic nitrogens is 1. The van der Waals surface area contributed by atoms with Crippen molar-refractivity contribution in [1.82, 2.24) is 4.57 Å². The van der Waals surface area contributed by atoms with Crippen LogP contribution in [0.4, 0.5) is 5.69 Å². The van der Waals surface area contributed by atoms with Crippen LogP contribution < -0.4 is 11.3 Å². The number of carbonyl (C=O) groups excluding carboxylic acids is 1. The number of nitrogen functional groups attached to an aromatic ring is 1. The topological polar surface area (TPSA) is 74.3 Å². The van der Waals surface area contributed by atoms with Crippen LogP contribution in [0.25, 0.3) is 0 Å². The molecule has 0 atom stereocenters. The minimum Gasteiger partial charge on any atom is -0.468 e. The summed E-state index contributed by atoms with van der Waals surface area (Å²) in [5.41, 5.74) is 5.59. The fraction of sp³-hybridized carbons (Fsp3) is 0.250. The molecule has 13 heavy (non-hydrogen) atoms. The first-order chi connectivity index (χ1) is 6.13. The lowest BCUT2D eigenvalue weighted by molar-refractivity contribution is -0.141. The van der Waals surface area contributed by atoms with Crippen LogP contribution in [0.2, 0.25) is 0 Å². The lowest BCUT2D eigenvalue weighted by Crippen LogP contribution is -2.23. The minimum absolute atomic E-state index is 0.111. The Kier molecular flexibility index (Phi) is 2.69. The van der Waals surface area contributed by atoms with Gasteiger partial charge in [-0.05, 0) is 6.07 Å². The van der Waals surface area contributed by atoms with Crippen LogP contribution in [0.1, 0.15) is 0 Å². The molecule has 0 spiro atoms. The molecule has 0 saturated carbocycles. The van der Waals surface area contributed by atoms with E-state index < -0.39 is 5.97 Å². The summed E-state index contributed by atoms with van der Waals surface area (Å²) in [4.78, 5) is 21.9. The van der Waals surface area contributed by atoms with Crippen LogP contribution in [-0.2, 0) is 16.1 Å². The smallest absolute Gasteiger partial charge is 0.325 e.